The van der Waals surface area contributed by atoms with E-state index in [2.05, 4.69) is 30.0 Å². The first kappa shape index (κ1) is 18.0. The van der Waals surface area contributed by atoms with Gasteiger partial charge in [-0.1, -0.05) is 31.5 Å². The molecule has 3 rings (SSSR count). The highest BCUT2D eigenvalue weighted by Crippen LogP contribution is 2.40. The van der Waals surface area contributed by atoms with Crippen LogP contribution >= 0.6 is 11.3 Å². The minimum Gasteiger partial charge on any atom is -0.496 e. The Morgan fingerprint density at radius 2 is 2.12 bits per heavy atom. The molecular weight excluding hydrogens is 334 g/mol. The van der Waals surface area contributed by atoms with Gasteiger partial charge in [0.05, 0.1) is 13.2 Å². The molecule has 1 aromatic carbocycles. The van der Waals surface area contributed by atoms with Crippen LogP contribution in [0.5, 0.6) is 5.75 Å². The van der Waals surface area contributed by atoms with Crippen LogP contribution in [0.15, 0.2) is 36.4 Å². The maximum atomic E-state index is 11.9. The number of piperidine rings is 1. The molecule has 2 unspecified atom stereocenters. The number of carboxylic acid groups (broad SMARTS) is 1. The third kappa shape index (κ3) is 3.72. The highest BCUT2D eigenvalue weighted by atomic mass is 32.1. The van der Waals surface area contributed by atoms with Gasteiger partial charge in [0.1, 0.15) is 11.8 Å². The van der Waals surface area contributed by atoms with Gasteiger partial charge in [-0.05, 0) is 44.0 Å². The summed E-state index contributed by atoms with van der Waals surface area (Å²) in [4.78, 5) is 16.5. The van der Waals surface area contributed by atoms with Crippen LogP contribution < -0.4 is 4.74 Å². The molecule has 5 heteroatoms. The second-order valence-electron chi connectivity index (χ2n) is 6.39. The number of hydrogen-bond donors (Lipinski definition) is 1. The van der Waals surface area contributed by atoms with E-state index in [9.17, 15) is 9.90 Å². The Bertz CT molecular complexity index is 727. The van der Waals surface area contributed by atoms with Gasteiger partial charge in [0.15, 0.2) is 0 Å². The molecule has 1 fully saturated rings. The van der Waals surface area contributed by atoms with Gasteiger partial charge in [-0.25, -0.2) is 0 Å². The van der Waals surface area contributed by atoms with Gasteiger partial charge in [-0.3, -0.25) is 9.69 Å². The third-order valence-corrected chi connectivity index (χ3v) is 6.18. The number of methoxy groups -OCH3 is 1. The zero-order chi connectivity index (χ0) is 17.8. The largest absolute Gasteiger partial charge is 0.496 e. The molecule has 2 heterocycles. The Kier molecular flexibility index (Phi) is 5.76. The predicted octanol–water partition coefficient (Wildman–Crippen LogP) is 4.35. The van der Waals surface area contributed by atoms with E-state index in [1.54, 1.807) is 18.4 Å². The number of carbonyl (C=O) groups is 1. The number of aliphatic carboxylic acids is 1. The highest BCUT2D eigenvalue weighted by Gasteiger charge is 2.36. The molecule has 0 radical (unpaired) electrons. The Morgan fingerprint density at radius 1 is 1.32 bits per heavy atom. The molecule has 0 spiro atoms. The van der Waals surface area contributed by atoms with Gasteiger partial charge >= 0.3 is 5.97 Å². The second-order valence-corrected chi connectivity index (χ2v) is 7.59. The monoisotopic (exact) mass is 359 g/mol. The zero-order valence-corrected chi connectivity index (χ0v) is 15.6. The molecule has 1 N–H and O–H groups in total. The maximum Gasteiger partial charge on any atom is 0.320 e. The van der Waals surface area contributed by atoms with Crippen molar-refractivity contribution < 1.29 is 14.6 Å². The van der Waals surface area contributed by atoms with Crippen molar-refractivity contribution in [3.63, 3.8) is 0 Å². The van der Waals surface area contributed by atoms with E-state index >= 15 is 0 Å². The number of thiophene rings is 1. The summed E-state index contributed by atoms with van der Waals surface area (Å²) < 4.78 is 5.60. The molecule has 0 bridgehead atoms. The van der Waals surface area contributed by atoms with Gasteiger partial charge in [0.25, 0.3) is 0 Å². The number of likely N-dealkylation sites (tertiary alicyclic amines) is 1. The first-order valence-corrected chi connectivity index (χ1v) is 9.67. The zero-order valence-electron chi connectivity index (χ0n) is 14.8. The lowest BCUT2D eigenvalue weighted by molar-refractivity contribution is -0.145. The van der Waals surface area contributed by atoms with Crippen molar-refractivity contribution >= 4 is 17.3 Å². The van der Waals surface area contributed by atoms with E-state index in [1.165, 1.54) is 9.75 Å². The number of ether oxygens (including phenoxy) is 1. The van der Waals surface area contributed by atoms with Gasteiger partial charge < -0.3 is 9.84 Å². The van der Waals surface area contributed by atoms with Crippen LogP contribution in [0.3, 0.4) is 0 Å². The van der Waals surface area contributed by atoms with E-state index in [1.807, 2.05) is 18.2 Å². The SMILES string of the molecule is CCc1ccc(C(c2ccccc2OC)N2CCCCC2C(=O)O)s1. The summed E-state index contributed by atoms with van der Waals surface area (Å²) in [6, 6.07) is 11.7. The standard InChI is InChI=1S/C20H25NO3S/c1-3-14-11-12-18(25-14)19(15-8-4-5-10-17(15)24-2)21-13-7-6-9-16(21)20(22)23/h4-5,8,10-12,16,19H,3,6-7,9,13H2,1-2H3,(H,22,23). The summed E-state index contributed by atoms with van der Waals surface area (Å²) in [5.41, 5.74) is 1.04. The van der Waals surface area contributed by atoms with Gasteiger partial charge in [0, 0.05) is 15.3 Å². The summed E-state index contributed by atoms with van der Waals surface area (Å²) in [6.07, 6.45) is 3.69. The molecule has 0 aliphatic carbocycles. The summed E-state index contributed by atoms with van der Waals surface area (Å²) in [7, 11) is 1.67. The van der Waals surface area contributed by atoms with E-state index in [0.29, 0.717) is 6.42 Å². The van der Waals surface area contributed by atoms with Crippen molar-refractivity contribution in [3.05, 3.63) is 51.7 Å². The van der Waals surface area contributed by atoms with Crippen LogP contribution in [0.2, 0.25) is 0 Å². The molecule has 4 nitrogen and oxygen atoms in total. The lowest BCUT2D eigenvalue weighted by Crippen LogP contribution is -2.46. The molecule has 0 saturated carbocycles. The summed E-state index contributed by atoms with van der Waals surface area (Å²) in [5, 5.41) is 9.76. The lowest BCUT2D eigenvalue weighted by Gasteiger charge is -2.39. The third-order valence-electron chi connectivity index (χ3n) is 4.89. The molecule has 2 aromatic rings. The molecule has 0 amide bonds. The van der Waals surface area contributed by atoms with Crippen LogP contribution in [-0.4, -0.2) is 35.7 Å². The van der Waals surface area contributed by atoms with Gasteiger partial charge in [0.2, 0.25) is 0 Å². The van der Waals surface area contributed by atoms with Crippen molar-refractivity contribution in [2.75, 3.05) is 13.7 Å². The number of para-hydroxylation sites is 1. The van der Waals surface area contributed by atoms with Crippen molar-refractivity contribution in [3.8, 4) is 5.75 Å². The number of nitrogens with zero attached hydrogens (tertiary/aromatic N) is 1. The fourth-order valence-corrected chi connectivity index (χ4v) is 4.74. The fourth-order valence-electron chi connectivity index (χ4n) is 3.65. The van der Waals surface area contributed by atoms with Crippen molar-refractivity contribution in [2.45, 2.75) is 44.7 Å². The van der Waals surface area contributed by atoms with Crippen LogP contribution in [0.4, 0.5) is 0 Å². The number of benzene rings is 1. The van der Waals surface area contributed by atoms with E-state index < -0.39 is 12.0 Å². The highest BCUT2D eigenvalue weighted by molar-refractivity contribution is 7.12. The average Bonchev–Trinajstić information content (AvgIpc) is 3.11. The molecule has 1 aromatic heterocycles. The fraction of sp³-hybridized carbons (Fsp3) is 0.450. The summed E-state index contributed by atoms with van der Waals surface area (Å²) in [6.45, 7) is 2.94. The van der Waals surface area contributed by atoms with Gasteiger partial charge in [-0.15, -0.1) is 11.3 Å². The van der Waals surface area contributed by atoms with E-state index in [-0.39, 0.29) is 6.04 Å². The molecule has 1 saturated heterocycles. The van der Waals surface area contributed by atoms with Crippen LogP contribution in [0, 0.1) is 0 Å². The molecule has 1 aliphatic heterocycles. The molecular formula is C20H25NO3S. The van der Waals surface area contributed by atoms with E-state index in [4.69, 9.17) is 4.74 Å². The molecule has 2 atom stereocenters. The molecule has 25 heavy (non-hydrogen) atoms. The topological polar surface area (TPSA) is 49.8 Å². The van der Waals surface area contributed by atoms with Gasteiger partial charge in [-0.2, -0.15) is 0 Å². The molecule has 134 valence electrons. The number of carboxylic acids is 1. The Labute approximate surface area is 153 Å². The van der Waals surface area contributed by atoms with Crippen molar-refractivity contribution in [1.29, 1.82) is 0 Å². The summed E-state index contributed by atoms with van der Waals surface area (Å²) >= 11 is 1.77. The van der Waals surface area contributed by atoms with Crippen LogP contribution in [0.25, 0.3) is 0 Å². The second kappa shape index (κ2) is 8.02. The summed E-state index contributed by atoms with van der Waals surface area (Å²) in [5.74, 6) is 0.0838. The van der Waals surface area contributed by atoms with E-state index in [0.717, 1.165) is 37.1 Å². The number of hydrogen-bond acceptors (Lipinski definition) is 4. The minimum absolute atomic E-state index is 0.0807. The van der Waals surface area contributed by atoms with Crippen molar-refractivity contribution in [2.24, 2.45) is 0 Å². The predicted molar refractivity (Wildman–Crippen MR) is 101 cm³/mol. The minimum atomic E-state index is -0.730. The number of aryl methyl sites for hydroxylation is 1. The quantitative estimate of drug-likeness (QED) is 0.833. The lowest BCUT2D eigenvalue weighted by atomic mass is 9.95. The first-order chi connectivity index (χ1) is 12.2. The Balaban J connectivity index is 2.09. The average molecular weight is 359 g/mol. The van der Waals surface area contributed by atoms with Crippen molar-refractivity contribution in [1.82, 2.24) is 4.90 Å². The smallest absolute Gasteiger partial charge is 0.320 e. The van der Waals surface area contributed by atoms with Crippen LogP contribution in [0.1, 0.15) is 47.5 Å². The normalized spacial score (nSPS) is 19.5. The molecule has 1 aliphatic rings. The maximum absolute atomic E-state index is 11.9. The Morgan fingerprint density at radius 3 is 2.80 bits per heavy atom. The first-order valence-electron chi connectivity index (χ1n) is 8.85. The Hall–Kier alpha value is -1.85. The number of rotatable bonds is 6. The van der Waals surface area contributed by atoms with Crippen LogP contribution in [-0.2, 0) is 11.2 Å².